The minimum Gasteiger partial charge on any atom is -0.481 e. The Morgan fingerprint density at radius 3 is 2.53 bits per heavy atom. The summed E-state index contributed by atoms with van der Waals surface area (Å²) < 4.78 is 0. The predicted octanol–water partition coefficient (Wildman–Crippen LogP) is 2.62. The van der Waals surface area contributed by atoms with Crippen LogP contribution < -0.4 is 5.32 Å². The van der Waals surface area contributed by atoms with Gasteiger partial charge >= 0.3 is 5.97 Å². The van der Waals surface area contributed by atoms with Gasteiger partial charge in [-0.2, -0.15) is 0 Å². The van der Waals surface area contributed by atoms with E-state index in [1.807, 2.05) is 0 Å². The Hall–Kier alpha value is -1.81. The van der Waals surface area contributed by atoms with Gasteiger partial charge in [-0.3, -0.25) is 9.59 Å². The lowest BCUT2D eigenvalue weighted by Crippen LogP contribution is -2.27. The first-order valence-corrected chi connectivity index (χ1v) is 6.25. The number of hydrogen-bond acceptors (Lipinski definition) is 2. The van der Waals surface area contributed by atoms with Crippen molar-refractivity contribution < 1.29 is 14.7 Å². The van der Waals surface area contributed by atoms with Gasteiger partial charge in [0.15, 0.2) is 0 Å². The van der Waals surface area contributed by atoms with E-state index in [1.165, 1.54) is 6.08 Å². The second kappa shape index (κ2) is 7.59. The number of benzene rings is 1. The van der Waals surface area contributed by atoms with Crippen LogP contribution in [0.1, 0.15) is 18.4 Å². The van der Waals surface area contributed by atoms with Crippen molar-refractivity contribution in [3.8, 4) is 0 Å². The molecular formula is C14H16ClNO3. The maximum atomic E-state index is 11.6. The summed E-state index contributed by atoms with van der Waals surface area (Å²) in [6.45, 7) is 3.84. The van der Waals surface area contributed by atoms with Crippen molar-refractivity contribution in [3.63, 3.8) is 0 Å². The number of amides is 1. The molecule has 0 aliphatic carbocycles. The van der Waals surface area contributed by atoms with E-state index >= 15 is 0 Å². The molecule has 0 aliphatic rings. The number of nitrogens with one attached hydrogen (secondary N) is 1. The number of carbonyl (C=O) groups is 2. The number of aliphatic carboxylic acids is 1. The Labute approximate surface area is 117 Å². The zero-order chi connectivity index (χ0) is 14.3. The number of hydrogen-bond donors (Lipinski definition) is 2. The number of carbonyl (C=O) groups excluding carboxylic acids is 1. The molecule has 0 radical (unpaired) electrons. The molecule has 0 saturated heterocycles. The van der Waals surface area contributed by atoms with Crippen molar-refractivity contribution >= 4 is 23.5 Å². The highest BCUT2D eigenvalue weighted by Gasteiger charge is 2.19. The molecular weight excluding hydrogens is 266 g/mol. The maximum Gasteiger partial charge on any atom is 0.307 e. The van der Waals surface area contributed by atoms with Crippen LogP contribution in [0.15, 0.2) is 36.9 Å². The fourth-order valence-corrected chi connectivity index (χ4v) is 1.70. The largest absolute Gasteiger partial charge is 0.481 e. The van der Waals surface area contributed by atoms with Crippen LogP contribution >= 0.6 is 11.6 Å². The van der Waals surface area contributed by atoms with Crippen LogP contribution in [-0.4, -0.2) is 17.0 Å². The lowest BCUT2D eigenvalue weighted by atomic mass is 10.0. The molecule has 0 heterocycles. The maximum absolute atomic E-state index is 11.6. The van der Waals surface area contributed by atoms with E-state index in [4.69, 9.17) is 16.7 Å². The molecule has 0 spiro atoms. The van der Waals surface area contributed by atoms with Crippen LogP contribution in [0.3, 0.4) is 0 Å². The Kier molecular flexibility index (Phi) is 6.09. The third-order valence-electron chi connectivity index (χ3n) is 2.64. The van der Waals surface area contributed by atoms with E-state index in [-0.39, 0.29) is 18.7 Å². The van der Waals surface area contributed by atoms with Crippen molar-refractivity contribution in [2.45, 2.75) is 19.4 Å². The van der Waals surface area contributed by atoms with Crippen molar-refractivity contribution in [3.05, 3.63) is 47.5 Å². The summed E-state index contributed by atoms with van der Waals surface area (Å²) in [5.41, 5.74) is 0.911. The number of halogens is 1. The first kappa shape index (κ1) is 15.2. The highest BCUT2D eigenvalue weighted by atomic mass is 35.5. The lowest BCUT2D eigenvalue weighted by Gasteiger charge is -2.10. The van der Waals surface area contributed by atoms with E-state index in [0.717, 1.165) is 5.56 Å². The van der Waals surface area contributed by atoms with E-state index in [1.54, 1.807) is 24.3 Å². The minimum atomic E-state index is -0.985. The summed E-state index contributed by atoms with van der Waals surface area (Å²) in [7, 11) is 0. The Balaban J connectivity index is 2.44. The second-order valence-electron chi connectivity index (χ2n) is 4.17. The summed E-state index contributed by atoms with van der Waals surface area (Å²) in [6.07, 6.45) is 1.74. The molecule has 0 fully saturated rings. The van der Waals surface area contributed by atoms with Gasteiger partial charge in [0.25, 0.3) is 0 Å². The number of carboxylic acid groups (broad SMARTS) is 1. The fourth-order valence-electron chi connectivity index (χ4n) is 1.57. The molecule has 1 aromatic carbocycles. The topological polar surface area (TPSA) is 66.4 Å². The molecule has 19 heavy (non-hydrogen) atoms. The highest BCUT2D eigenvalue weighted by Crippen LogP contribution is 2.11. The van der Waals surface area contributed by atoms with Crippen molar-refractivity contribution in [1.82, 2.24) is 5.32 Å². The van der Waals surface area contributed by atoms with Crippen LogP contribution in [0.5, 0.6) is 0 Å². The number of allylic oxidation sites excluding steroid dienone is 1. The highest BCUT2D eigenvalue weighted by molar-refractivity contribution is 6.30. The first-order valence-electron chi connectivity index (χ1n) is 5.87. The fraction of sp³-hybridized carbons (Fsp3) is 0.286. The molecule has 0 bridgehead atoms. The van der Waals surface area contributed by atoms with Crippen molar-refractivity contribution in [2.75, 3.05) is 0 Å². The average Bonchev–Trinajstić information content (AvgIpc) is 2.37. The summed E-state index contributed by atoms with van der Waals surface area (Å²) in [5.74, 6) is -1.99. The van der Waals surface area contributed by atoms with E-state index in [9.17, 15) is 9.59 Å². The molecule has 0 unspecified atom stereocenters. The van der Waals surface area contributed by atoms with Crippen molar-refractivity contribution in [1.29, 1.82) is 0 Å². The summed E-state index contributed by atoms with van der Waals surface area (Å²) in [6, 6.07) is 7.09. The zero-order valence-electron chi connectivity index (χ0n) is 10.4. The molecule has 1 aromatic rings. The number of rotatable bonds is 7. The molecule has 102 valence electrons. The molecule has 0 aliphatic heterocycles. The Morgan fingerprint density at radius 1 is 1.37 bits per heavy atom. The van der Waals surface area contributed by atoms with Gasteiger partial charge in [0, 0.05) is 18.0 Å². The average molecular weight is 282 g/mol. The van der Waals surface area contributed by atoms with Gasteiger partial charge in [-0.05, 0) is 24.1 Å². The quantitative estimate of drug-likeness (QED) is 0.755. The Morgan fingerprint density at radius 2 is 2.00 bits per heavy atom. The molecule has 1 atom stereocenters. The van der Waals surface area contributed by atoms with Gasteiger partial charge in [-0.15, -0.1) is 6.58 Å². The smallest absolute Gasteiger partial charge is 0.307 e. The molecule has 0 aromatic heterocycles. The molecule has 1 amide bonds. The number of carboxylic acids is 1. The van der Waals surface area contributed by atoms with E-state index < -0.39 is 11.9 Å². The van der Waals surface area contributed by atoms with Gasteiger partial charge in [-0.1, -0.05) is 29.8 Å². The van der Waals surface area contributed by atoms with Gasteiger partial charge in [0.05, 0.1) is 5.92 Å². The first-order chi connectivity index (χ1) is 9.02. The standard InChI is InChI=1S/C14H16ClNO3/c1-2-3-11(14(18)19)8-13(17)16-9-10-4-6-12(15)7-5-10/h2,4-7,11H,1,3,8-9H2,(H,16,17)(H,18,19)/t11-/m0/s1. The van der Waals surface area contributed by atoms with Gasteiger partial charge in [-0.25, -0.2) is 0 Å². The van der Waals surface area contributed by atoms with Gasteiger partial charge in [0.1, 0.15) is 0 Å². The van der Waals surface area contributed by atoms with Crippen molar-refractivity contribution in [2.24, 2.45) is 5.92 Å². The van der Waals surface area contributed by atoms with Gasteiger partial charge < -0.3 is 10.4 Å². The minimum absolute atomic E-state index is 0.0467. The van der Waals surface area contributed by atoms with Crippen LogP contribution in [0.2, 0.25) is 5.02 Å². The molecule has 1 rings (SSSR count). The second-order valence-corrected chi connectivity index (χ2v) is 4.60. The SMILES string of the molecule is C=CC[C@@H](CC(=O)NCc1ccc(Cl)cc1)C(=O)O. The molecule has 2 N–H and O–H groups in total. The summed E-state index contributed by atoms with van der Waals surface area (Å²) >= 11 is 5.75. The monoisotopic (exact) mass is 281 g/mol. The van der Waals surface area contributed by atoms with E-state index in [2.05, 4.69) is 11.9 Å². The summed E-state index contributed by atoms with van der Waals surface area (Å²) in [5, 5.41) is 12.2. The molecule has 0 saturated carbocycles. The Bertz CT molecular complexity index is 456. The van der Waals surface area contributed by atoms with Crippen LogP contribution in [-0.2, 0) is 16.1 Å². The van der Waals surface area contributed by atoms with Crippen LogP contribution in [0.4, 0.5) is 0 Å². The van der Waals surface area contributed by atoms with Crippen LogP contribution in [0, 0.1) is 5.92 Å². The zero-order valence-corrected chi connectivity index (χ0v) is 11.2. The third kappa shape index (κ3) is 5.57. The summed E-state index contributed by atoms with van der Waals surface area (Å²) in [4.78, 5) is 22.5. The normalized spacial score (nSPS) is 11.6. The molecule has 5 heteroatoms. The van der Waals surface area contributed by atoms with Crippen LogP contribution in [0.25, 0.3) is 0 Å². The van der Waals surface area contributed by atoms with Gasteiger partial charge in [0.2, 0.25) is 5.91 Å². The third-order valence-corrected chi connectivity index (χ3v) is 2.89. The lowest BCUT2D eigenvalue weighted by molar-refractivity contribution is -0.143. The molecule has 4 nitrogen and oxygen atoms in total. The predicted molar refractivity (Wildman–Crippen MR) is 73.9 cm³/mol. The van der Waals surface area contributed by atoms with E-state index in [0.29, 0.717) is 11.6 Å².